The number of ether oxygens (including phenoxy) is 1. The first-order chi connectivity index (χ1) is 8.27. The van der Waals surface area contributed by atoms with Crippen molar-refractivity contribution in [2.24, 2.45) is 0 Å². The van der Waals surface area contributed by atoms with Gasteiger partial charge in [0.15, 0.2) is 0 Å². The monoisotopic (exact) mass is 367 g/mol. The number of carbonyl (C=O) groups is 1. The third-order valence-electron chi connectivity index (χ3n) is 2.38. The van der Waals surface area contributed by atoms with Crippen molar-refractivity contribution in [3.63, 3.8) is 0 Å². The number of nitrogens with one attached hydrogen (secondary N) is 1. The molecule has 0 radical (unpaired) electrons. The minimum absolute atomic E-state index is 0.00666. The number of hydrogen-bond donors (Lipinski definition) is 1. The maximum atomic E-state index is 11.7. The molecular weight excluding hydrogens is 349 g/mol. The number of carbonyl (C=O) groups excluding carboxylic acids is 1. The number of amides is 1. The maximum Gasteiger partial charge on any atom is 0.261 e. The molecule has 0 aromatic carbocycles. The molecule has 0 atom stereocenters. The maximum absolute atomic E-state index is 11.7. The molecule has 0 saturated heterocycles. The van der Waals surface area contributed by atoms with Crippen LogP contribution in [0.15, 0.2) is 11.4 Å². The molecule has 1 rings (SSSR count). The molecule has 0 aliphatic heterocycles. The van der Waals surface area contributed by atoms with Gasteiger partial charge >= 0.3 is 0 Å². The average Bonchev–Trinajstić information content (AvgIpc) is 2.82. The Morgan fingerprint density at radius 1 is 1.41 bits per heavy atom. The van der Waals surface area contributed by atoms with E-state index in [9.17, 15) is 4.79 Å². The van der Waals surface area contributed by atoms with E-state index in [1.54, 1.807) is 13.2 Å². The minimum atomic E-state index is 0.00666. The zero-order valence-electron chi connectivity index (χ0n) is 10.0. The largest absolute Gasteiger partial charge is 0.496 e. The summed E-state index contributed by atoms with van der Waals surface area (Å²) < 4.78 is 6.27. The number of hydrogen-bond acceptors (Lipinski definition) is 3. The third-order valence-corrected chi connectivity index (χ3v) is 4.05. The third kappa shape index (κ3) is 5.72. The summed E-state index contributed by atoms with van der Waals surface area (Å²) in [5, 5.41) is 4.77. The summed E-state index contributed by atoms with van der Waals surface area (Å²) in [5.41, 5.74) is 0. The van der Waals surface area contributed by atoms with Gasteiger partial charge in [-0.05, 0) is 17.3 Å². The van der Waals surface area contributed by atoms with Crippen LogP contribution in [0.4, 0.5) is 0 Å². The van der Waals surface area contributed by atoms with Gasteiger partial charge in [0.2, 0.25) is 0 Å². The summed E-state index contributed by atoms with van der Waals surface area (Å²) >= 11 is 3.81. The predicted molar refractivity (Wildman–Crippen MR) is 80.6 cm³/mol. The van der Waals surface area contributed by atoms with Crippen LogP contribution in [0.1, 0.15) is 35.4 Å². The molecule has 0 aliphatic rings. The van der Waals surface area contributed by atoms with E-state index in [1.165, 1.54) is 35.0 Å². The van der Waals surface area contributed by atoms with Crippen LogP contribution in [0.25, 0.3) is 0 Å². The number of unbranched alkanes of at least 4 members (excludes halogenated alkanes) is 3. The van der Waals surface area contributed by atoms with Crippen LogP contribution < -0.4 is 10.1 Å². The van der Waals surface area contributed by atoms with E-state index in [4.69, 9.17) is 4.74 Å². The van der Waals surface area contributed by atoms with Gasteiger partial charge in [-0.2, -0.15) is 0 Å². The number of thiophene rings is 1. The molecule has 1 amide bonds. The van der Waals surface area contributed by atoms with E-state index >= 15 is 0 Å². The second-order valence-corrected chi connectivity index (χ2v) is 5.70. The predicted octanol–water partition coefficient (Wildman–Crippen LogP) is 3.48. The SMILES string of the molecule is COc1csc(C(=O)NCCCCCCI)c1. The van der Waals surface area contributed by atoms with Crippen molar-refractivity contribution in [1.82, 2.24) is 5.32 Å². The molecule has 5 heteroatoms. The molecule has 17 heavy (non-hydrogen) atoms. The van der Waals surface area contributed by atoms with Crippen LogP contribution >= 0.6 is 33.9 Å². The number of alkyl halides is 1. The summed E-state index contributed by atoms with van der Waals surface area (Å²) in [5.74, 6) is 0.759. The number of rotatable bonds is 8. The molecular formula is C12H18INO2S. The van der Waals surface area contributed by atoms with E-state index < -0.39 is 0 Å². The Morgan fingerprint density at radius 3 is 2.82 bits per heavy atom. The average molecular weight is 367 g/mol. The van der Waals surface area contributed by atoms with E-state index in [2.05, 4.69) is 27.9 Å². The van der Waals surface area contributed by atoms with E-state index in [0.717, 1.165) is 18.7 Å². The van der Waals surface area contributed by atoms with E-state index in [-0.39, 0.29) is 5.91 Å². The van der Waals surface area contributed by atoms with Gasteiger partial charge in [0.1, 0.15) is 5.75 Å². The second kappa shape index (κ2) is 8.74. The summed E-state index contributed by atoms with van der Waals surface area (Å²) in [6, 6.07) is 1.77. The molecule has 3 nitrogen and oxygen atoms in total. The van der Waals surface area contributed by atoms with Crippen LogP contribution in [-0.4, -0.2) is 24.0 Å². The first-order valence-corrected chi connectivity index (χ1v) is 8.15. The molecule has 0 unspecified atom stereocenters. The lowest BCUT2D eigenvalue weighted by molar-refractivity contribution is 0.0957. The number of halogens is 1. The van der Waals surface area contributed by atoms with Crippen LogP contribution in [0, 0.1) is 0 Å². The molecule has 1 N–H and O–H groups in total. The number of methoxy groups -OCH3 is 1. The van der Waals surface area contributed by atoms with Gasteiger partial charge in [-0.3, -0.25) is 4.79 Å². The summed E-state index contributed by atoms with van der Waals surface area (Å²) in [6.07, 6.45) is 4.78. The van der Waals surface area contributed by atoms with E-state index in [1.807, 2.05) is 5.38 Å². The molecule has 0 fully saturated rings. The fourth-order valence-corrected chi connectivity index (χ4v) is 2.72. The Kier molecular flexibility index (Phi) is 7.59. The van der Waals surface area contributed by atoms with Gasteiger partial charge in [0.05, 0.1) is 12.0 Å². The molecule has 1 aromatic rings. The molecule has 0 saturated carbocycles. The van der Waals surface area contributed by atoms with Gasteiger partial charge < -0.3 is 10.1 Å². The van der Waals surface area contributed by atoms with Crippen LogP contribution in [0.2, 0.25) is 0 Å². The normalized spacial score (nSPS) is 10.2. The van der Waals surface area contributed by atoms with Crippen molar-refractivity contribution < 1.29 is 9.53 Å². The Labute approximate surface area is 120 Å². The lowest BCUT2D eigenvalue weighted by Gasteiger charge is -2.02. The fourth-order valence-electron chi connectivity index (χ4n) is 1.41. The highest BCUT2D eigenvalue weighted by atomic mass is 127. The minimum Gasteiger partial charge on any atom is -0.496 e. The fraction of sp³-hybridized carbons (Fsp3) is 0.583. The highest BCUT2D eigenvalue weighted by Gasteiger charge is 2.08. The van der Waals surface area contributed by atoms with Crippen molar-refractivity contribution in [2.75, 3.05) is 18.1 Å². The molecule has 0 bridgehead atoms. The summed E-state index contributed by atoms with van der Waals surface area (Å²) in [4.78, 5) is 12.4. The van der Waals surface area contributed by atoms with Gasteiger partial charge in [0, 0.05) is 18.0 Å². The Hall–Kier alpha value is -0.300. The molecule has 0 spiro atoms. The zero-order chi connectivity index (χ0) is 12.5. The second-order valence-electron chi connectivity index (χ2n) is 3.71. The lowest BCUT2D eigenvalue weighted by atomic mass is 10.2. The van der Waals surface area contributed by atoms with Crippen LogP contribution in [0.5, 0.6) is 5.75 Å². The van der Waals surface area contributed by atoms with Crippen LogP contribution in [0.3, 0.4) is 0 Å². The topological polar surface area (TPSA) is 38.3 Å². The first-order valence-electron chi connectivity index (χ1n) is 5.74. The van der Waals surface area contributed by atoms with Crippen molar-refractivity contribution in [2.45, 2.75) is 25.7 Å². The standard InChI is InChI=1S/C12H18INO2S/c1-16-10-8-11(17-9-10)12(15)14-7-5-3-2-4-6-13/h8-9H,2-7H2,1H3,(H,14,15). The van der Waals surface area contributed by atoms with Gasteiger partial charge in [0.25, 0.3) is 5.91 Å². The van der Waals surface area contributed by atoms with Crippen molar-refractivity contribution in [3.8, 4) is 5.75 Å². The smallest absolute Gasteiger partial charge is 0.261 e. The molecule has 1 heterocycles. The Bertz CT molecular complexity index is 341. The van der Waals surface area contributed by atoms with Crippen molar-refractivity contribution in [3.05, 3.63) is 16.3 Å². The Morgan fingerprint density at radius 2 is 2.18 bits per heavy atom. The molecule has 1 aromatic heterocycles. The highest BCUT2D eigenvalue weighted by Crippen LogP contribution is 2.20. The summed E-state index contributed by atoms with van der Waals surface area (Å²) in [6.45, 7) is 0.764. The van der Waals surface area contributed by atoms with Crippen molar-refractivity contribution >= 4 is 39.8 Å². The van der Waals surface area contributed by atoms with Gasteiger partial charge in [-0.25, -0.2) is 0 Å². The Balaban J connectivity index is 2.16. The van der Waals surface area contributed by atoms with Gasteiger partial charge in [-0.1, -0.05) is 35.4 Å². The van der Waals surface area contributed by atoms with Gasteiger partial charge in [-0.15, -0.1) is 11.3 Å². The molecule has 0 aliphatic carbocycles. The quantitative estimate of drug-likeness (QED) is 0.434. The van der Waals surface area contributed by atoms with E-state index in [0.29, 0.717) is 4.88 Å². The van der Waals surface area contributed by atoms with Crippen molar-refractivity contribution in [1.29, 1.82) is 0 Å². The molecule has 96 valence electrons. The van der Waals surface area contributed by atoms with Crippen LogP contribution in [-0.2, 0) is 0 Å². The zero-order valence-corrected chi connectivity index (χ0v) is 13.0. The highest BCUT2D eigenvalue weighted by molar-refractivity contribution is 14.1. The first kappa shape index (κ1) is 14.8. The lowest BCUT2D eigenvalue weighted by Crippen LogP contribution is -2.23. The summed E-state index contributed by atoms with van der Waals surface area (Å²) in [7, 11) is 1.61.